The molecule has 4 rings (SSSR count). The van der Waals surface area contributed by atoms with Gasteiger partial charge in [-0.15, -0.1) is 0 Å². The van der Waals surface area contributed by atoms with E-state index in [0.29, 0.717) is 36.1 Å². The Kier molecular flexibility index (Phi) is 4.61. The molecular weight excluding hydrogens is 348 g/mol. The fourth-order valence-electron chi connectivity index (χ4n) is 4.00. The average Bonchev–Trinajstić information content (AvgIpc) is 2.99. The quantitative estimate of drug-likeness (QED) is 0.877. The molecule has 2 aliphatic rings. The van der Waals surface area contributed by atoms with Gasteiger partial charge in [0.2, 0.25) is 5.91 Å². The van der Waals surface area contributed by atoms with Crippen molar-refractivity contribution in [2.75, 3.05) is 13.1 Å². The van der Waals surface area contributed by atoms with Gasteiger partial charge in [0, 0.05) is 19.0 Å². The topological polar surface area (TPSA) is 62.6 Å². The summed E-state index contributed by atoms with van der Waals surface area (Å²) in [5.41, 5.74) is 1.69. The fraction of sp³-hybridized carbons (Fsp3) is 0.500. The van der Waals surface area contributed by atoms with Crippen LogP contribution in [0.4, 0.5) is 0 Å². The number of amides is 2. The van der Waals surface area contributed by atoms with E-state index in [1.807, 2.05) is 41.6 Å². The van der Waals surface area contributed by atoms with E-state index >= 15 is 0 Å². The molecule has 2 fully saturated rings. The maximum Gasteiger partial charge on any atom is 0.257 e. The zero-order valence-corrected chi connectivity index (χ0v) is 16.0. The molecule has 0 bridgehead atoms. The van der Waals surface area contributed by atoms with Crippen molar-refractivity contribution >= 4 is 23.2 Å². The first kappa shape index (κ1) is 17.3. The Bertz CT molecular complexity index is 807. The van der Waals surface area contributed by atoms with Gasteiger partial charge in [0.1, 0.15) is 11.5 Å². The summed E-state index contributed by atoms with van der Waals surface area (Å²) >= 11 is 1.60. The Hall–Kier alpha value is -2.08. The molecule has 2 amide bonds. The van der Waals surface area contributed by atoms with Crippen molar-refractivity contribution in [2.45, 2.75) is 39.2 Å². The summed E-state index contributed by atoms with van der Waals surface area (Å²) in [5, 5.41) is 7.19. The number of carbonyl (C=O) groups is 2. The molecule has 1 aliphatic carbocycles. The summed E-state index contributed by atoms with van der Waals surface area (Å²) in [4.78, 5) is 27.2. The lowest BCUT2D eigenvalue weighted by molar-refractivity contribution is -0.121. The lowest BCUT2D eigenvalue weighted by Crippen LogP contribution is -2.42. The van der Waals surface area contributed by atoms with Gasteiger partial charge in [-0.05, 0) is 61.1 Å². The lowest BCUT2D eigenvalue weighted by Gasteiger charge is -2.19. The van der Waals surface area contributed by atoms with Crippen LogP contribution in [-0.2, 0) is 11.2 Å². The van der Waals surface area contributed by atoms with Crippen molar-refractivity contribution in [3.63, 3.8) is 0 Å². The molecule has 1 saturated heterocycles. The van der Waals surface area contributed by atoms with Gasteiger partial charge in [0.05, 0.1) is 18.0 Å². The van der Waals surface area contributed by atoms with E-state index in [9.17, 15) is 9.59 Å². The Morgan fingerprint density at radius 1 is 1.31 bits per heavy atom. The highest BCUT2D eigenvalue weighted by Crippen LogP contribution is 2.41. The van der Waals surface area contributed by atoms with Gasteiger partial charge in [-0.2, -0.15) is 11.3 Å². The number of thiophene rings is 1. The second-order valence-electron chi connectivity index (χ2n) is 7.52. The summed E-state index contributed by atoms with van der Waals surface area (Å²) in [6.45, 7) is 4.98. The second-order valence-corrected chi connectivity index (χ2v) is 8.30. The third kappa shape index (κ3) is 3.56. The second kappa shape index (κ2) is 6.91. The first-order valence-electron chi connectivity index (χ1n) is 9.18. The number of nitrogens with one attached hydrogen (secondary N) is 1. The van der Waals surface area contributed by atoms with Crippen molar-refractivity contribution in [2.24, 2.45) is 11.8 Å². The monoisotopic (exact) mass is 372 g/mol. The van der Waals surface area contributed by atoms with Gasteiger partial charge in [0.15, 0.2) is 0 Å². The van der Waals surface area contributed by atoms with Gasteiger partial charge >= 0.3 is 0 Å². The fourth-order valence-corrected chi connectivity index (χ4v) is 4.67. The van der Waals surface area contributed by atoms with Gasteiger partial charge in [-0.3, -0.25) is 9.59 Å². The Morgan fingerprint density at radius 3 is 2.73 bits per heavy atom. The number of hydrogen-bond acceptors (Lipinski definition) is 4. The molecule has 0 unspecified atom stereocenters. The van der Waals surface area contributed by atoms with Crippen molar-refractivity contribution in [1.82, 2.24) is 10.2 Å². The van der Waals surface area contributed by atoms with Gasteiger partial charge in [-0.25, -0.2) is 0 Å². The van der Waals surface area contributed by atoms with Crippen molar-refractivity contribution in [3.8, 4) is 0 Å². The van der Waals surface area contributed by atoms with E-state index in [2.05, 4.69) is 5.32 Å². The minimum atomic E-state index is 0.0135. The predicted molar refractivity (Wildman–Crippen MR) is 100 cm³/mol. The van der Waals surface area contributed by atoms with Crippen LogP contribution in [0.15, 0.2) is 27.3 Å². The van der Waals surface area contributed by atoms with Crippen molar-refractivity contribution in [1.29, 1.82) is 0 Å². The minimum Gasteiger partial charge on any atom is -0.466 e. The normalized spacial score (nSPS) is 22.6. The predicted octanol–water partition coefficient (Wildman–Crippen LogP) is 3.17. The van der Waals surface area contributed by atoms with Crippen LogP contribution in [0, 0.1) is 25.7 Å². The van der Waals surface area contributed by atoms with Crippen LogP contribution in [0.5, 0.6) is 0 Å². The highest BCUT2D eigenvalue weighted by atomic mass is 32.1. The van der Waals surface area contributed by atoms with Crippen LogP contribution >= 0.6 is 11.3 Å². The number of carbonyl (C=O) groups excluding carboxylic acids is 2. The maximum atomic E-state index is 12.9. The van der Waals surface area contributed by atoms with Crippen LogP contribution in [0.3, 0.4) is 0 Å². The molecular formula is C20H24N2O3S. The Balaban J connectivity index is 1.44. The van der Waals surface area contributed by atoms with Crippen LogP contribution in [0.1, 0.15) is 40.3 Å². The van der Waals surface area contributed by atoms with Crippen LogP contribution in [-0.4, -0.2) is 35.8 Å². The molecule has 1 saturated carbocycles. The SMILES string of the molecule is Cc1cc(C(=O)N2C[C@H](NC(=O)Cc3ccsc3)[C@@H](C3CC3)C2)c(C)o1. The Labute approximate surface area is 157 Å². The molecule has 2 aromatic heterocycles. The van der Waals surface area contributed by atoms with Crippen LogP contribution < -0.4 is 5.32 Å². The molecule has 5 nitrogen and oxygen atoms in total. The number of nitrogens with zero attached hydrogens (tertiary/aromatic N) is 1. The molecule has 0 spiro atoms. The van der Waals surface area contributed by atoms with Crippen LogP contribution in [0.2, 0.25) is 0 Å². The van der Waals surface area contributed by atoms with Gasteiger partial charge in [0.25, 0.3) is 5.91 Å². The van der Waals surface area contributed by atoms with E-state index in [0.717, 1.165) is 17.9 Å². The smallest absolute Gasteiger partial charge is 0.257 e. The third-order valence-electron chi connectivity index (χ3n) is 5.44. The van der Waals surface area contributed by atoms with Crippen molar-refractivity contribution < 1.29 is 14.0 Å². The van der Waals surface area contributed by atoms with Gasteiger partial charge < -0.3 is 14.6 Å². The highest BCUT2D eigenvalue weighted by molar-refractivity contribution is 7.08. The van der Waals surface area contributed by atoms with E-state index in [1.165, 1.54) is 12.8 Å². The third-order valence-corrected chi connectivity index (χ3v) is 6.17. The first-order valence-corrected chi connectivity index (χ1v) is 10.1. The van der Waals surface area contributed by atoms with Crippen molar-refractivity contribution in [3.05, 3.63) is 45.5 Å². The molecule has 3 heterocycles. The largest absolute Gasteiger partial charge is 0.466 e. The summed E-state index contributed by atoms with van der Waals surface area (Å²) in [7, 11) is 0. The molecule has 2 atom stereocenters. The van der Waals surface area contributed by atoms with E-state index in [4.69, 9.17) is 4.42 Å². The number of furan rings is 1. The highest BCUT2D eigenvalue weighted by Gasteiger charge is 2.44. The zero-order valence-electron chi connectivity index (χ0n) is 15.2. The molecule has 0 aromatic carbocycles. The molecule has 0 radical (unpaired) electrons. The molecule has 26 heavy (non-hydrogen) atoms. The first-order chi connectivity index (χ1) is 12.5. The number of rotatable bonds is 5. The summed E-state index contributed by atoms with van der Waals surface area (Å²) in [5.74, 6) is 2.47. The standard InChI is InChI=1S/C20H24N2O3S/c1-12-7-16(13(2)25-12)20(24)22-9-17(15-3-4-15)18(10-22)21-19(23)8-14-5-6-26-11-14/h5-7,11,15,17-18H,3-4,8-10H2,1-2H3,(H,21,23)/t17-,18+/m1/s1. The summed E-state index contributed by atoms with van der Waals surface area (Å²) < 4.78 is 5.52. The zero-order chi connectivity index (χ0) is 18.3. The lowest BCUT2D eigenvalue weighted by atomic mass is 9.98. The summed E-state index contributed by atoms with van der Waals surface area (Å²) in [6.07, 6.45) is 2.81. The number of aryl methyl sites for hydroxylation is 2. The Morgan fingerprint density at radius 2 is 2.12 bits per heavy atom. The number of likely N-dealkylation sites (tertiary alicyclic amines) is 1. The van der Waals surface area contributed by atoms with E-state index in [1.54, 1.807) is 11.3 Å². The molecule has 1 N–H and O–H groups in total. The van der Waals surface area contributed by atoms with Crippen LogP contribution in [0.25, 0.3) is 0 Å². The minimum absolute atomic E-state index is 0.0135. The van der Waals surface area contributed by atoms with E-state index < -0.39 is 0 Å². The van der Waals surface area contributed by atoms with Gasteiger partial charge in [-0.1, -0.05) is 0 Å². The maximum absolute atomic E-state index is 12.9. The summed E-state index contributed by atoms with van der Waals surface area (Å²) in [6, 6.07) is 3.84. The molecule has 2 aromatic rings. The molecule has 6 heteroatoms. The number of hydrogen-bond donors (Lipinski definition) is 1. The molecule has 138 valence electrons. The molecule has 1 aliphatic heterocycles. The average molecular weight is 372 g/mol. The van der Waals surface area contributed by atoms with E-state index in [-0.39, 0.29) is 17.9 Å².